The van der Waals surface area contributed by atoms with Crippen LogP contribution in [0.4, 0.5) is 0 Å². The summed E-state index contributed by atoms with van der Waals surface area (Å²) in [4.78, 5) is 0. The van der Waals surface area contributed by atoms with Crippen LogP contribution in [0.15, 0.2) is 0 Å². The highest BCUT2D eigenvalue weighted by Gasteiger charge is 2.15. The first-order valence-corrected chi connectivity index (χ1v) is 2.53. The summed E-state index contributed by atoms with van der Waals surface area (Å²) in [7, 11) is 0. The summed E-state index contributed by atoms with van der Waals surface area (Å²) in [5, 5.41) is 0.285. The van der Waals surface area contributed by atoms with Gasteiger partial charge in [0.05, 0.1) is 0 Å². The van der Waals surface area contributed by atoms with Crippen LogP contribution in [0.25, 0.3) is 0 Å². The van der Waals surface area contributed by atoms with Gasteiger partial charge in [-0.2, -0.15) is 0 Å². The Morgan fingerprint density at radius 3 is 2.71 bits per heavy atom. The zero-order valence-corrected chi connectivity index (χ0v) is 4.83. The van der Waals surface area contributed by atoms with E-state index < -0.39 is 0 Å². The van der Waals surface area contributed by atoms with Crippen molar-refractivity contribution in [1.29, 1.82) is 0 Å². The first kappa shape index (κ1) is 4.84. The minimum Gasteiger partial charge on any atom is -0.453 e. The number of hydrogen-bond acceptors (Lipinski definition) is 3. The molecule has 0 N–H and O–H groups in total. The Bertz CT molecular complexity index is 91.7. The predicted molar refractivity (Wildman–Crippen MR) is 29.1 cm³/mol. The van der Waals surface area contributed by atoms with E-state index in [2.05, 4.69) is 12.2 Å². The van der Waals surface area contributed by atoms with Crippen LogP contribution < -0.4 is 0 Å². The van der Waals surface area contributed by atoms with Crippen molar-refractivity contribution in [3.05, 3.63) is 0 Å². The van der Waals surface area contributed by atoms with E-state index in [1.807, 2.05) is 6.92 Å². The predicted octanol–water partition coefficient (Wildman–Crippen LogP) is 0.707. The first-order valence-electron chi connectivity index (χ1n) is 2.12. The first-order chi connectivity index (χ1) is 3.29. The van der Waals surface area contributed by atoms with E-state index in [1.165, 1.54) is 0 Å². The summed E-state index contributed by atoms with van der Waals surface area (Å²) in [6, 6.07) is 0. The van der Waals surface area contributed by atoms with Gasteiger partial charge < -0.3 is 9.47 Å². The second kappa shape index (κ2) is 1.66. The molecule has 0 aromatic heterocycles. The summed E-state index contributed by atoms with van der Waals surface area (Å²) in [6.45, 7) is 2.53. The molecule has 1 atom stereocenters. The molecule has 0 saturated carbocycles. The Hall–Kier alpha value is -0.310. The number of ether oxygens (including phenoxy) is 2. The van der Waals surface area contributed by atoms with Crippen LogP contribution in [-0.2, 0) is 9.47 Å². The molecule has 40 valence electrons. The normalized spacial score (nSPS) is 29.3. The standard InChI is InChI=1S/C4H6O2S/c1-3-2-5-4(7)6-3/h3H,2H2,1H3/t3-/m0/s1. The average molecular weight is 118 g/mol. The van der Waals surface area contributed by atoms with Gasteiger partial charge in [0.15, 0.2) is 0 Å². The van der Waals surface area contributed by atoms with Crippen molar-refractivity contribution in [3.63, 3.8) is 0 Å². The Balaban J connectivity index is 2.40. The van der Waals surface area contributed by atoms with E-state index in [0.29, 0.717) is 6.61 Å². The summed E-state index contributed by atoms with van der Waals surface area (Å²) < 4.78 is 9.64. The summed E-state index contributed by atoms with van der Waals surface area (Å²) in [5.41, 5.74) is 0. The zero-order chi connectivity index (χ0) is 5.28. The fraction of sp³-hybridized carbons (Fsp3) is 0.750. The minimum absolute atomic E-state index is 0.160. The van der Waals surface area contributed by atoms with Crippen molar-refractivity contribution in [1.82, 2.24) is 0 Å². The molecule has 1 fully saturated rings. The molecule has 0 radical (unpaired) electrons. The van der Waals surface area contributed by atoms with Crippen LogP contribution in [0.3, 0.4) is 0 Å². The zero-order valence-electron chi connectivity index (χ0n) is 4.01. The largest absolute Gasteiger partial charge is 0.453 e. The van der Waals surface area contributed by atoms with Crippen LogP contribution in [0.2, 0.25) is 0 Å². The van der Waals surface area contributed by atoms with Crippen LogP contribution >= 0.6 is 12.2 Å². The van der Waals surface area contributed by atoms with Crippen LogP contribution in [0.1, 0.15) is 6.92 Å². The lowest BCUT2D eigenvalue weighted by atomic mass is 10.5. The summed E-state index contributed by atoms with van der Waals surface area (Å²) >= 11 is 4.55. The van der Waals surface area contributed by atoms with E-state index in [4.69, 9.17) is 9.47 Å². The lowest BCUT2D eigenvalue weighted by Crippen LogP contribution is -2.01. The highest BCUT2D eigenvalue weighted by molar-refractivity contribution is 7.79. The summed E-state index contributed by atoms with van der Waals surface area (Å²) in [6.07, 6.45) is 0.160. The molecule has 0 amide bonds. The number of thiocarbonyl (C=S) groups is 1. The fourth-order valence-corrected chi connectivity index (χ4v) is 0.650. The molecule has 1 rings (SSSR count). The molecular weight excluding hydrogens is 112 g/mol. The lowest BCUT2D eigenvalue weighted by Gasteiger charge is -1.92. The number of hydrogen-bond donors (Lipinski definition) is 0. The summed E-state index contributed by atoms with van der Waals surface area (Å²) in [5.74, 6) is 0. The molecule has 0 spiro atoms. The van der Waals surface area contributed by atoms with Crippen LogP contribution in [-0.4, -0.2) is 17.9 Å². The van der Waals surface area contributed by atoms with Crippen molar-refractivity contribution in [2.45, 2.75) is 13.0 Å². The SMILES string of the molecule is C[C@H]1COC(=S)O1. The molecule has 1 saturated heterocycles. The van der Waals surface area contributed by atoms with Gasteiger partial charge in [0.1, 0.15) is 12.7 Å². The molecule has 2 nitrogen and oxygen atoms in total. The third-order valence-electron chi connectivity index (χ3n) is 0.733. The maximum atomic E-state index is 4.87. The molecule has 0 bridgehead atoms. The van der Waals surface area contributed by atoms with Gasteiger partial charge >= 0.3 is 5.24 Å². The van der Waals surface area contributed by atoms with Gasteiger partial charge in [0, 0.05) is 12.2 Å². The molecule has 1 heterocycles. The molecule has 0 aromatic carbocycles. The second-order valence-corrected chi connectivity index (χ2v) is 1.82. The van der Waals surface area contributed by atoms with Crippen molar-refractivity contribution in [2.24, 2.45) is 0 Å². The van der Waals surface area contributed by atoms with E-state index in [9.17, 15) is 0 Å². The molecular formula is C4H6O2S. The molecule has 0 unspecified atom stereocenters. The lowest BCUT2D eigenvalue weighted by molar-refractivity contribution is 0.253. The fourth-order valence-electron chi connectivity index (χ4n) is 0.418. The van der Waals surface area contributed by atoms with Crippen molar-refractivity contribution >= 4 is 17.5 Å². The molecule has 0 aromatic rings. The smallest absolute Gasteiger partial charge is 0.352 e. The van der Waals surface area contributed by atoms with Gasteiger partial charge in [-0.25, -0.2) is 0 Å². The van der Waals surface area contributed by atoms with Gasteiger partial charge in [-0.3, -0.25) is 0 Å². The molecule has 1 aliphatic heterocycles. The Morgan fingerprint density at radius 2 is 2.57 bits per heavy atom. The van der Waals surface area contributed by atoms with E-state index in [0.717, 1.165) is 0 Å². The number of rotatable bonds is 0. The van der Waals surface area contributed by atoms with Crippen LogP contribution in [0, 0.1) is 0 Å². The maximum Gasteiger partial charge on any atom is 0.352 e. The Labute approximate surface area is 47.4 Å². The van der Waals surface area contributed by atoms with Gasteiger partial charge in [-0.05, 0) is 6.92 Å². The minimum atomic E-state index is 0.160. The monoisotopic (exact) mass is 118 g/mol. The molecule has 3 heteroatoms. The van der Waals surface area contributed by atoms with Gasteiger partial charge in [0.25, 0.3) is 0 Å². The van der Waals surface area contributed by atoms with E-state index in [-0.39, 0.29) is 11.3 Å². The molecule has 1 aliphatic rings. The van der Waals surface area contributed by atoms with Gasteiger partial charge in [-0.15, -0.1) is 0 Å². The topological polar surface area (TPSA) is 18.5 Å². The second-order valence-electron chi connectivity index (χ2n) is 1.49. The van der Waals surface area contributed by atoms with Crippen molar-refractivity contribution in [2.75, 3.05) is 6.61 Å². The Morgan fingerprint density at radius 1 is 1.86 bits per heavy atom. The third-order valence-corrected chi connectivity index (χ3v) is 0.947. The quantitative estimate of drug-likeness (QED) is 0.436. The van der Waals surface area contributed by atoms with Crippen LogP contribution in [0.5, 0.6) is 0 Å². The van der Waals surface area contributed by atoms with Crippen molar-refractivity contribution < 1.29 is 9.47 Å². The highest BCUT2D eigenvalue weighted by atomic mass is 32.1. The molecule has 0 aliphatic carbocycles. The Kier molecular flexibility index (Phi) is 1.15. The van der Waals surface area contributed by atoms with Gasteiger partial charge in [-0.1, -0.05) is 0 Å². The molecule has 7 heavy (non-hydrogen) atoms. The van der Waals surface area contributed by atoms with E-state index >= 15 is 0 Å². The van der Waals surface area contributed by atoms with Crippen molar-refractivity contribution in [3.8, 4) is 0 Å². The third kappa shape index (κ3) is 1.03. The van der Waals surface area contributed by atoms with Gasteiger partial charge in [0.2, 0.25) is 0 Å². The average Bonchev–Trinajstić information content (AvgIpc) is 1.87. The maximum absolute atomic E-state index is 4.87. The highest BCUT2D eigenvalue weighted by Crippen LogP contribution is 2.03. The van der Waals surface area contributed by atoms with E-state index in [1.54, 1.807) is 0 Å².